The number of nitrogens with zero attached hydrogens (tertiary/aromatic N) is 2. The summed E-state index contributed by atoms with van der Waals surface area (Å²) in [5.74, 6) is -0.373. The van der Waals surface area contributed by atoms with Crippen LogP contribution in [0.25, 0.3) is 17.0 Å². The molecule has 0 radical (unpaired) electrons. The number of benzene rings is 1. The van der Waals surface area contributed by atoms with Crippen LogP contribution >= 0.6 is 0 Å². The fourth-order valence-electron chi connectivity index (χ4n) is 2.86. The molecule has 2 heterocycles. The summed E-state index contributed by atoms with van der Waals surface area (Å²) in [6.45, 7) is 7.57. The molecular weight excluding hydrogens is 289 g/mol. The average molecular weight is 305 g/mol. The summed E-state index contributed by atoms with van der Waals surface area (Å²) in [7, 11) is 0. The summed E-state index contributed by atoms with van der Waals surface area (Å²) >= 11 is 0. The topological polar surface area (TPSA) is 52.5 Å². The number of nitriles is 1. The van der Waals surface area contributed by atoms with Crippen molar-refractivity contribution in [2.24, 2.45) is 0 Å². The number of halogens is 1. The molecule has 23 heavy (non-hydrogen) atoms. The van der Waals surface area contributed by atoms with Crippen LogP contribution in [0.4, 0.5) is 4.39 Å². The van der Waals surface area contributed by atoms with Gasteiger partial charge in [-0.2, -0.15) is 5.26 Å². The minimum Gasteiger partial charge on any atom is -0.357 e. The molecule has 0 amide bonds. The maximum absolute atomic E-state index is 14.6. The summed E-state index contributed by atoms with van der Waals surface area (Å²) in [4.78, 5) is 7.65. The number of hydrogen-bond donors (Lipinski definition) is 1. The molecular formula is C19H16FN3. The lowest BCUT2D eigenvalue weighted by Crippen LogP contribution is -1.99. The second-order valence-corrected chi connectivity index (χ2v) is 5.56. The lowest BCUT2D eigenvalue weighted by Gasteiger charge is -2.08. The van der Waals surface area contributed by atoms with E-state index in [0.29, 0.717) is 23.1 Å². The molecule has 0 spiro atoms. The van der Waals surface area contributed by atoms with Gasteiger partial charge in [0.05, 0.1) is 16.8 Å². The summed E-state index contributed by atoms with van der Waals surface area (Å²) in [5.41, 5.74) is 5.01. The Hall–Kier alpha value is -2.93. The van der Waals surface area contributed by atoms with E-state index in [4.69, 9.17) is 0 Å². The smallest absolute Gasteiger partial charge is 0.128 e. The molecule has 0 bridgehead atoms. The van der Waals surface area contributed by atoms with Gasteiger partial charge in [0.15, 0.2) is 0 Å². The zero-order valence-corrected chi connectivity index (χ0v) is 13.1. The van der Waals surface area contributed by atoms with Gasteiger partial charge in [-0.1, -0.05) is 12.6 Å². The lowest BCUT2D eigenvalue weighted by molar-refractivity contribution is 0.615. The Labute approximate surface area is 134 Å². The molecule has 4 heteroatoms. The third-order valence-corrected chi connectivity index (χ3v) is 4.15. The van der Waals surface area contributed by atoms with E-state index in [0.717, 1.165) is 28.0 Å². The van der Waals surface area contributed by atoms with E-state index < -0.39 is 0 Å². The van der Waals surface area contributed by atoms with E-state index in [1.54, 1.807) is 6.08 Å². The number of rotatable bonds is 3. The standard InChI is InChI=1S/C19H16FN3/c1-4-14-6-5-7-15(23-14)9-16-17(20)8-13(10-21)19-18(16)11(2)12(3)22-19/h4-8,22H,1,9H2,2-3H3. The van der Waals surface area contributed by atoms with Crippen molar-refractivity contribution in [1.82, 2.24) is 9.97 Å². The monoisotopic (exact) mass is 305 g/mol. The molecule has 0 aliphatic carbocycles. The predicted octanol–water partition coefficient (Wildman–Crippen LogP) is 4.42. The van der Waals surface area contributed by atoms with E-state index in [9.17, 15) is 9.65 Å². The quantitative estimate of drug-likeness (QED) is 0.778. The third-order valence-electron chi connectivity index (χ3n) is 4.15. The largest absolute Gasteiger partial charge is 0.357 e. The van der Waals surface area contributed by atoms with E-state index in [2.05, 4.69) is 22.6 Å². The van der Waals surface area contributed by atoms with Crippen LogP contribution in [0.3, 0.4) is 0 Å². The van der Waals surface area contributed by atoms with Crippen molar-refractivity contribution < 1.29 is 4.39 Å². The van der Waals surface area contributed by atoms with Crippen molar-refractivity contribution in [3.05, 3.63) is 70.4 Å². The maximum atomic E-state index is 14.6. The minimum absolute atomic E-state index is 0.324. The van der Waals surface area contributed by atoms with Gasteiger partial charge in [-0.25, -0.2) is 4.39 Å². The maximum Gasteiger partial charge on any atom is 0.128 e. The van der Waals surface area contributed by atoms with Crippen LogP contribution in [-0.4, -0.2) is 9.97 Å². The van der Waals surface area contributed by atoms with Gasteiger partial charge in [0.2, 0.25) is 0 Å². The van der Waals surface area contributed by atoms with Crippen molar-refractivity contribution in [3.8, 4) is 6.07 Å². The van der Waals surface area contributed by atoms with Crippen LogP contribution in [0.5, 0.6) is 0 Å². The number of nitrogens with one attached hydrogen (secondary N) is 1. The molecule has 1 N–H and O–H groups in total. The van der Waals surface area contributed by atoms with E-state index in [-0.39, 0.29) is 5.82 Å². The fraction of sp³-hybridized carbons (Fsp3) is 0.158. The number of aromatic amines is 1. The third kappa shape index (κ3) is 2.51. The number of pyridine rings is 1. The zero-order chi connectivity index (χ0) is 16.6. The number of H-pyrrole nitrogens is 1. The first-order chi connectivity index (χ1) is 11.0. The second kappa shape index (κ2) is 5.69. The van der Waals surface area contributed by atoms with Gasteiger partial charge >= 0.3 is 0 Å². The number of fused-ring (bicyclic) bond motifs is 1. The van der Waals surface area contributed by atoms with Gasteiger partial charge in [-0.3, -0.25) is 4.98 Å². The number of hydrogen-bond acceptors (Lipinski definition) is 2. The first-order valence-corrected chi connectivity index (χ1v) is 7.34. The molecule has 3 nitrogen and oxygen atoms in total. The van der Waals surface area contributed by atoms with Crippen molar-refractivity contribution >= 4 is 17.0 Å². The van der Waals surface area contributed by atoms with Crippen LogP contribution in [0, 0.1) is 31.0 Å². The highest BCUT2D eigenvalue weighted by Crippen LogP contribution is 2.31. The molecule has 1 aromatic carbocycles. The fourth-order valence-corrected chi connectivity index (χ4v) is 2.86. The van der Waals surface area contributed by atoms with Crippen LogP contribution in [-0.2, 0) is 6.42 Å². The van der Waals surface area contributed by atoms with Gasteiger partial charge in [0.1, 0.15) is 11.9 Å². The first kappa shape index (κ1) is 15.0. The normalized spacial score (nSPS) is 10.7. The Balaban J connectivity index is 2.23. The molecule has 0 aliphatic rings. The van der Waals surface area contributed by atoms with E-state index in [1.165, 1.54) is 6.07 Å². The predicted molar refractivity (Wildman–Crippen MR) is 89.6 cm³/mol. The second-order valence-electron chi connectivity index (χ2n) is 5.56. The lowest BCUT2D eigenvalue weighted by atomic mass is 9.98. The molecule has 0 unspecified atom stereocenters. The Morgan fingerprint density at radius 1 is 1.39 bits per heavy atom. The highest BCUT2D eigenvalue weighted by molar-refractivity contribution is 5.92. The summed E-state index contributed by atoms with van der Waals surface area (Å²) in [6, 6.07) is 8.96. The SMILES string of the molecule is C=Cc1cccc(Cc2c(F)cc(C#N)c3[nH]c(C)c(C)c23)n1. The molecule has 0 saturated carbocycles. The highest BCUT2D eigenvalue weighted by Gasteiger charge is 2.18. The number of aromatic nitrogens is 2. The van der Waals surface area contributed by atoms with Gasteiger partial charge in [0, 0.05) is 28.8 Å². The van der Waals surface area contributed by atoms with E-state index in [1.807, 2.05) is 32.0 Å². The molecule has 3 rings (SSSR count). The highest BCUT2D eigenvalue weighted by atomic mass is 19.1. The minimum atomic E-state index is -0.373. The van der Waals surface area contributed by atoms with Crippen LogP contribution in [0.15, 0.2) is 30.8 Å². The Kier molecular flexibility index (Phi) is 3.71. The molecule has 0 atom stereocenters. The molecule has 114 valence electrons. The molecule has 2 aromatic heterocycles. The van der Waals surface area contributed by atoms with Crippen molar-refractivity contribution in [3.63, 3.8) is 0 Å². The molecule has 0 saturated heterocycles. The van der Waals surface area contributed by atoms with Crippen LogP contribution in [0.2, 0.25) is 0 Å². The van der Waals surface area contributed by atoms with E-state index >= 15 is 0 Å². The van der Waals surface area contributed by atoms with Gasteiger partial charge in [0.25, 0.3) is 0 Å². The van der Waals surface area contributed by atoms with Crippen molar-refractivity contribution in [2.45, 2.75) is 20.3 Å². The summed E-state index contributed by atoms with van der Waals surface area (Å²) < 4.78 is 14.6. The zero-order valence-electron chi connectivity index (χ0n) is 13.1. The van der Waals surface area contributed by atoms with Crippen LogP contribution < -0.4 is 0 Å². The van der Waals surface area contributed by atoms with Gasteiger partial charge in [-0.05, 0) is 43.7 Å². The summed E-state index contributed by atoms with van der Waals surface area (Å²) in [5, 5.41) is 10.0. The van der Waals surface area contributed by atoms with Crippen LogP contribution in [0.1, 0.15) is 33.8 Å². The summed E-state index contributed by atoms with van der Waals surface area (Å²) in [6.07, 6.45) is 2.04. The van der Waals surface area contributed by atoms with Gasteiger partial charge in [-0.15, -0.1) is 0 Å². The average Bonchev–Trinajstić information content (AvgIpc) is 2.85. The van der Waals surface area contributed by atoms with Gasteiger partial charge < -0.3 is 4.98 Å². The number of aryl methyl sites for hydroxylation is 2. The molecule has 0 aliphatic heterocycles. The Morgan fingerprint density at radius 2 is 2.17 bits per heavy atom. The Morgan fingerprint density at radius 3 is 2.87 bits per heavy atom. The molecule has 0 fully saturated rings. The first-order valence-electron chi connectivity index (χ1n) is 7.34. The van der Waals surface area contributed by atoms with Crippen molar-refractivity contribution in [1.29, 1.82) is 5.26 Å². The molecule has 3 aromatic rings. The van der Waals surface area contributed by atoms with Crippen molar-refractivity contribution in [2.75, 3.05) is 0 Å². The Bertz CT molecular complexity index is 961.